The Kier molecular flexibility index (Phi) is 4.76. The van der Waals surface area contributed by atoms with Gasteiger partial charge in [0.05, 0.1) is 0 Å². The minimum absolute atomic E-state index is 0.156. The predicted octanol–water partition coefficient (Wildman–Crippen LogP) is 0.919. The normalized spacial score (nSPS) is 18.7. The van der Waals surface area contributed by atoms with E-state index in [1.54, 1.807) is 0 Å². The van der Waals surface area contributed by atoms with E-state index in [0.717, 1.165) is 44.8 Å². The summed E-state index contributed by atoms with van der Waals surface area (Å²) in [6.07, 6.45) is 0. The second kappa shape index (κ2) is 6.54. The lowest BCUT2D eigenvalue weighted by molar-refractivity contribution is 0.132. The van der Waals surface area contributed by atoms with Gasteiger partial charge in [-0.25, -0.2) is 0 Å². The monoisotopic (exact) mass is 262 g/mol. The van der Waals surface area contributed by atoms with E-state index in [9.17, 15) is 0 Å². The zero-order valence-corrected chi connectivity index (χ0v) is 11.4. The lowest BCUT2D eigenvalue weighted by Gasteiger charge is -2.34. The molecule has 1 aliphatic rings. The van der Waals surface area contributed by atoms with Gasteiger partial charge < -0.3 is 15.8 Å². The zero-order chi connectivity index (χ0) is 13.7. The number of nitrogens with zero attached hydrogens (tertiary/aromatic N) is 3. The fraction of sp³-hybridized carbons (Fsp3) is 0.500. The molecule has 5 nitrogen and oxygen atoms in total. The SMILES string of the molecule is CCN1CCN(Cc2ccc(/C(N)=N/O)cc2)CC1. The third-order valence-corrected chi connectivity index (χ3v) is 3.68. The van der Waals surface area contributed by atoms with Crippen molar-refractivity contribution in [3.63, 3.8) is 0 Å². The topological polar surface area (TPSA) is 65.1 Å². The summed E-state index contributed by atoms with van der Waals surface area (Å²) in [6, 6.07) is 7.87. The molecule has 0 aliphatic carbocycles. The van der Waals surface area contributed by atoms with Crippen molar-refractivity contribution in [3.8, 4) is 0 Å². The molecule has 0 atom stereocenters. The highest BCUT2D eigenvalue weighted by molar-refractivity contribution is 5.96. The van der Waals surface area contributed by atoms with Crippen LogP contribution < -0.4 is 5.73 Å². The van der Waals surface area contributed by atoms with Gasteiger partial charge in [-0.2, -0.15) is 0 Å². The number of piperazine rings is 1. The largest absolute Gasteiger partial charge is 0.409 e. The molecule has 0 aromatic heterocycles. The van der Waals surface area contributed by atoms with E-state index >= 15 is 0 Å². The average molecular weight is 262 g/mol. The van der Waals surface area contributed by atoms with Gasteiger partial charge in [-0.05, 0) is 12.1 Å². The van der Waals surface area contributed by atoms with Crippen LogP contribution in [0.3, 0.4) is 0 Å². The van der Waals surface area contributed by atoms with Gasteiger partial charge in [-0.3, -0.25) is 4.90 Å². The Hall–Kier alpha value is -1.59. The fourth-order valence-electron chi connectivity index (χ4n) is 2.36. The smallest absolute Gasteiger partial charge is 0.170 e. The molecule has 0 radical (unpaired) electrons. The standard InChI is InChI=1S/C14H22N4O/c1-2-17-7-9-18(10-8-17)11-12-3-5-13(6-4-12)14(15)16-19/h3-6,19H,2,7-11H2,1H3,(H2,15,16). The third kappa shape index (κ3) is 3.68. The Morgan fingerprint density at radius 2 is 1.74 bits per heavy atom. The highest BCUT2D eigenvalue weighted by Gasteiger charge is 2.15. The van der Waals surface area contributed by atoms with Gasteiger partial charge in [0.25, 0.3) is 0 Å². The number of nitrogens with two attached hydrogens (primary N) is 1. The number of benzene rings is 1. The maximum Gasteiger partial charge on any atom is 0.170 e. The first-order valence-electron chi connectivity index (χ1n) is 6.74. The van der Waals surface area contributed by atoms with Crippen molar-refractivity contribution in [2.24, 2.45) is 10.9 Å². The summed E-state index contributed by atoms with van der Waals surface area (Å²) in [6.45, 7) is 8.86. The summed E-state index contributed by atoms with van der Waals surface area (Å²) in [5.74, 6) is 0.156. The molecule has 1 heterocycles. The van der Waals surface area contributed by atoms with Gasteiger partial charge in [-0.1, -0.05) is 36.3 Å². The first-order valence-corrected chi connectivity index (χ1v) is 6.74. The summed E-state index contributed by atoms with van der Waals surface area (Å²) in [4.78, 5) is 4.93. The van der Waals surface area contributed by atoms with Gasteiger partial charge in [0.15, 0.2) is 5.84 Å². The van der Waals surface area contributed by atoms with E-state index in [0.29, 0.717) is 0 Å². The lowest BCUT2D eigenvalue weighted by Crippen LogP contribution is -2.45. The Labute approximate surface area is 114 Å². The van der Waals surface area contributed by atoms with Crippen LogP contribution in [0.4, 0.5) is 0 Å². The van der Waals surface area contributed by atoms with Crippen LogP contribution in [0.2, 0.25) is 0 Å². The summed E-state index contributed by atoms with van der Waals surface area (Å²) >= 11 is 0. The summed E-state index contributed by atoms with van der Waals surface area (Å²) in [5, 5.41) is 11.6. The Morgan fingerprint density at radius 3 is 2.26 bits per heavy atom. The molecule has 0 saturated carbocycles. The molecule has 104 valence electrons. The van der Waals surface area contributed by atoms with Crippen LogP contribution in [0.25, 0.3) is 0 Å². The van der Waals surface area contributed by atoms with E-state index in [1.807, 2.05) is 24.3 Å². The van der Waals surface area contributed by atoms with Crippen LogP contribution in [0.15, 0.2) is 29.4 Å². The van der Waals surface area contributed by atoms with E-state index in [-0.39, 0.29) is 5.84 Å². The molecule has 1 saturated heterocycles. The molecule has 0 unspecified atom stereocenters. The van der Waals surface area contributed by atoms with E-state index in [1.165, 1.54) is 5.56 Å². The van der Waals surface area contributed by atoms with Crippen LogP contribution in [0, 0.1) is 0 Å². The molecule has 0 spiro atoms. The zero-order valence-electron chi connectivity index (χ0n) is 11.4. The highest BCUT2D eigenvalue weighted by Crippen LogP contribution is 2.10. The second-order valence-electron chi connectivity index (χ2n) is 4.89. The molecule has 5 heteroatoms. The maximum absolute atomic E-state index is 8.62. The second-order valence-corrected chi connectivity index (χ2v) is 4.89. The summed E-state index contributed by atoms with van der Waals surface area (Å²) in [5.41, 5.74) is 7.56. The van der Waals surface area contributed by atoms with Crippen LogP contribution in [0.5, 0.6) is 0 Å². The molecule has 1 aromatic carbocycles. The maximum atomic E-state index is 8.62. The fourth-order valence-corrected chi connectivity index (χ4v) is 2.36. The van der Waals surface area contributed by atoms with Crippen molar-refractivity contribution in [1.82, 2.24) is 9.80 Å². The Balaban J connectivity index is 1.90. The summed E-state index contributed by atoms with van der Waals surface area (Å²) < 4.78 is 0. The Bertz CT molecular complexity index is 422. The molecule has 3 N–H and O–H groups in total. The molecule has 1 aromatic rings. The van der Waals surface area contributed by atoms with Gasteiger partial charge >= 0.3 is 0 Å². The molecular formula is C14H22N4O. The predicted molar refractivity (Wildman–Crippen MR) is 76.3 cm³/mol. The number of rotatable bonds is 4. The minimum Gasteiger partial charge on any atom is -0.409 e. The molecular weight excluding hydrogens is 240 g/mol. The number of likely N-dealkylation sites (N-methyl/N-ethyl adjacent to an activating group) is 1. The molecule has 0 bridgehead atoms. The molecule has 2 rings (SSSR count). The quantitative estimate of drug-likeness (QED) is 0.366. The van der Waals surface area contributed by atoms with Crippen LogP contribution in [0.1, 0.15) is 18.1 Å². The average Bonchev–Trinajstić information content (AvgIpc) is 2.48. The van der Waals surface area contributed by atoms with Crippen LogP contribution >= 0.6 is 0 Å². The number of hydrogen-bond acceptors (Lipinski definition) is 4. The van der Waals surface area contributed by atoms with Crippen molar-refractivity contribution in [3.05, 3.63) is 35.4 Å². The number of hydrogen-bond donors (Lipinski definition) is 2. The lowest BCUT2D eigenvalue weighted by atomic mass is 10.1. The third-order valence-electron chi connectivity index (χ3n) is 3.68. The van der Waals surface area contributed by atoms with Gasteiger partial charge in [-0.15, -0.1) is 0 Å². The van der Waals surface area contributed by atoms with E-state index in [4.69, 9.17) is 10.9 Å². The van der Waals surface area contributed by atoms with Crippen molar-refractivity contribution in [1.29, 1.82) is 0 Å². The minimum atomic E-state index is 0.156. The highest BCUT2D eigenvalue weighted by atomic mass is 16.4. The molecule has 1 fully saturated rings. The summed E-state index contributed by atoms with van der Waals surface area (Å²) in [7, 11) is 0. The first-order chi connectivity index (χ1) is 9.22. The van der Waals surface area contributed by atoms with E-state index < -0.39 is 0 Å². The van der Waals surface area contributed by atoms with Gasteiger partial charge in [0.1, 0.15) is 0 Å². The number of oxime groups is 1. The first kappa shape index (κ1) is 13.8. The van der Waals surface area contributed by atoms with Crippen molar-refractivity contribution < 1.29 is 5.21 Å². The molecule has 0 amide bonds. The van der Waals surface area contributed by atoms with Crippen LogP contribution in [-0.4, -0.2) is 53.6 Å². The van der Waals surface area contributed by atoms with E-state index in [2.05, 4.69) is 21.9 Å². The number of amidine groups is 1. The van der Waals surface area contributed by atoms with Crippen molar-refractivity contribution in [2.45, 2.75) is 13.5 Å². The van der Waals surface area contributed by atoms with Gasteiger partial charge in [0, 0.05) is 38.3 Å². The Morgan fingerprint density at radius 1 is 1.16 bits per heavy atom. The van der Waals surface area contributed by atoms with Crippen LogP contribution in [-0.2, 0) is 6.54 Å². The van der Waals surface area contributed by atoms with Crippen molar-refractivity contribution >= 4 is 5.84 Å². The van der Waals surface area contributed by atoms with Crippen molar-refractivity contribution in [2.75, 3.05) is 32.7 Å². The molecule has 19 heavy (non-hydrogen) atoms. The molecule has 1 aliphatic heterocycles. The van der Waals surface area contributed by atoms with Gasteiger partial charge in [0.2, 0.25) is 0 Å².